The molecule has 0 saturated carbocycles. The highest BCUT2D eigenvalue weighted by Gasteiger charge is 2.14. The van der Waals surface area contributed by atoms with Crippen LogP contribution in [0.4, 0.5) is 4.39 Å². The number of rotatable bonds is 5. The molecule has 0 aliphatic carbocycles. The molecule has 0 radical (unpaired) electrons. The topological polar surface area (TPSA) is 24.9 Å². The number of thiazole rings is 1. The van der Waals surface area contributed by atoms with Crippen molar-refractivity contribution < 1.29 is 4.39 Å². The molecule has 0 bridgehead atoms. The molecule has 1 unspecified atom stereocenters. The molecule has 0 fully saturated rings. The van der Waals surface area contributed by atoms with Crippen molar-refractivity contribution in [3.05, 3.63) is 75.0 Å². The molecule has 2 nitrogen and oxygen atoms in total. The van der Waals surface area contributed by atoms with Crippen LogP contribution in [0.25, 0.3) is 10.6 Å². The summed E-state index contributed by atoms with van der Waals surface area (Å²) in [6.07, 6.45) is 1.86. The molecule has 0 saturated heterocycles. The van der Waals surface area contributed by atoms with Crippen LogP contribution < -0.4 is 5.32 Å². The van der Waals surface area contributed by atoms with E-state index in [0.29, 0.717) is 17.1 Å². The average Bonchev–Trinajstić information content (AvgIpc) is 3.06. The van der Waals surface area contributed by atoms with Crippen LogP contribution in [0.15, 0.2) is 48.7 Å². The lowest BCUT2D eigenvalue weighted by atomic mass is 10.1. The number of nitrogens with one attached hydrogen (secondary N) is 1. The fourth-order valence-electron chi connectivity index (χ4n) is 2.34. The third kappa shape index (κ3) is 3.95. The van der Waals surface area contributed by atoms with E-state index in [1.54, 1.807) is 11.3 Å². The van der Waals surface area contributed by atoms with Crippen molar-refractivity contribution in [3.63, 3.8) is 0 Å². The minimum atomic E-state index is -0.464. The second-order valence-corrected chi connectivity index (χ2v) is 7.32. The standard InChI is InChI=1S/C18H15Cl2FN2S/c1-11(14-7-17(21)16(20)8-15(14)19)22-9-13-10-23-18(24-13)12-5-3-2-4-6-12/h2-8,10-11,22H,9H2,1H3. The largest absolute Gasteiger partial charge is 0.305 e. The zero-order chi connectivity index (χ0) is 17.1. The van der Waals surface area contributed by atoms with E-state index in [1.165, 1.54) is 12.1 Å². The molecule has 1 atom stereocenters. The lowest BCUT2D eigenvalue weighted by Crippen LogP contribution is -2.18. The summed E-state index contributed by atoms with van der Waals surface area (Å²) >= 11 is 13.5. The molecular formula is C18H15Cl2FN2S. The SMILES string of the molecule is CC(NCc1cnc(-c2ccccc2)s1)c1cc(F)c(Cl)cc1Cl. The lowest BCUT2D eigenvalue weighted by Gasteiger charge is -2.15. The number of aromatic nitrogens is 1. The lowest BCUT2D eigenvalue weighted by molar-refractivity contribution is 0.568. The molecule has 24 heavy (non-hydrogen) atoms. The summed E-state index contributed by atoms with van der Waals surface area (Å²) in [6, 6.07) is 12.8. The highest BCUT2D eigenvalue weighted by molar-refractivity contribution is 7.15. The van der Waals surface area contributed by atoms with Gasteiger partial charge in [-0.25, -0.2) is 9.37 Å². The van der Waals surface area contributed by atoms with Crippen molar-refractivity contribution in [2.24, 2.45) is 0 Å². The Bertz CT molecular complexity index is 836. The van der Waals surface area contributed by atoms with E-state index in [0.717, 1.165) is 15.4 Å². The van der Waals surface area contributed by atoms with E-state index in [2.05, 4.69) is 10.3 Å². The van der Waals surface area contributed by atoms with Crippen LogP contribution in [0.2, 0.25) is 10.0 Å². The normalized spacial score (nSPS) is 12.3. The Labute approximate surface area is 154 Å². The second-order valence-electron chi connectivity index (χ2n) is 5.39. The Morgan fingerprint density at radius 2 is 1.92 bits per heavy atom. The number of nitrogens with zero attached hydrogens (tertiary/aromatic N) is 1. The zero-order valence-corrected chi connectivity index (χ0v) is 15.2. The number of hydrogen-bond acceptors (Lipinski definition) is 3. The first-order valence-corrected chi connectivity index (χ1v) is 9.00. The van der Waals surface area contributed by atoms with E-state index >= 15 is 0 Å². The van der Waals surface area contributed by atoms with Gasteiger partial charge >= 0.3 is 0 Å². The minimum absolute atomic E-state index is 0.0332. The van der Waals surface area contributed by atoms with Gasteiger partial charge in [0.05, 0.1) is 5.02 Å². The van der Waals surface area contributed by atoms with Gasteiger partial charge in [-0.2, -0.15) is 0 Å². The van der Waals surface area contributed by atoms with Gasteiger partial charge in [0.1, 0.15) is 10.8 Å². The van der Waals surface area contributed by atoms with Gasteiger partial charge < -0.3 is 5.32 Å². The smallest absolute Gasteiger partial charge is 0.142 e. The van der Waals surface area contributed by atoms with Gasteiger partial charge in [-0.1, -0.05) is 53.5 Å². The second kappa shape index (κ2) is 7.62. The predicted octanol–water partition coefficient (Wildman–Crippen LogP) is 6.11. The third-order valence-corrected chi connectivity index (χ3v) is 5.33. The molecule has 3 rings (SSSR count). The van der Waals surface area contributed by atoms with Crippen LogP contribution in [0, 0.1) is 5.82 Å². The van der Waals surface area contributed by atoms with Crippen LogP contribution in [0.3, 0.4) is 0 Å². The number of benzene rings is 2. The minimum Gasteiger partial charge on any atom is -0.305 e. The van der Waals surface area contributed by atoms with E-state index in [9.17, 15) is 4.39 Å². The van der Waals surface area contributed by atoms with Gasteiger partial charge in [0.25, 0.3) is 0 Å². The monoisotopic (exact) mass is 380 g/mol. The van der Waals surface area contributed by atoms with E-state index in [1.807, 2.05) is 43.5 Å². The van der Waals surface area contributed by atoms with Crippen LogP contribution >= 0.6 is 34.5 Å². The van der Waals surface area contributed by atoms with Gasteiger partial charge in [0.15, 0.2) is 0 Å². The maximum Gasteiger partial charge on any atom is 0.142 e. The molecule has 1 heterocycles. The molecule has 6 heteroatoms. The number of hydrogen-bond donors (Lipinski definition) is 1. The molecule has 3 aromatic rings. The van der Waals surface area contributed by atoms with Crippen molar-refractivity contribution in [2.45, 2.75) is 19.5 Å². The van der Waals surface area contributed by atoms with E-state index in [4.69, 9.17) is 23.2 Å². The van der Waals surface area contributed by atoms with Crippen LogP contribution in [-0.2, 0) is 6.54 Å². The van der Waals surface area contributed by atoms with Crippen molar-refractivity contribution in [2.75, 3.05) is 0 Å². The third-order valence-electron chi connectivity index (χ3n) is 3.66. The van der Waals surface area contributed by atoms with Crippen LogP contribution in [0.5, 0.6) is 0 Å². The van der Waals surface area contributed by atoms with Crippen molar-refractivity contribution in [1.29, 1.82) is 0 Å². The van der Waals surface area contributed by atoms with Gasteiger partial charge in [0.2, 0.25) is 0 Å². The zero-order valence-electron chi connectivity index (χ0n) is 12.9. The Morgan fingerprint density at radius 3 is 2.67 bits per heavy atom. The Balaban J connectivity index is 1.68. The fraction of sp³-hybridized carbons (Fsp3) is 0.167. The van der Waals surface area contributed by atoms with Crippen molar-refractivity contribution >= 4 is 34.5 Å². The molecular weight excluding hydrogens is 366 g/mol. The average molecular weight is 381 g/mol. The van der Waals surface area contributed by atoms with Gasteiger partial charge in [0, 0.05) is 34.2 Å². The Morgan fingerprint density at radius 1 is 1.17 bits per heavy atom. The van der Waals surface area contributed by atoms with Crippen molar-refractivity contribution in [1.82, 2.24) is 10.3 Å². The fourth-order valence-corrected chi connectivity index (χ4v) is 3.75. The number of halogens is 3. The molecule has 0 aliphatic heterocycles. The Kier molecular flexibility index (Phi) is 5.51. The van der Waals surface area contributed by atoms with Crippen LogP contribution in [-0.4, -0.2) is 4.98 Å². The highest BCUT2D eigenvalue weighted by Crippen LogP contribution is 2.29. The summed E-state index contributed by atoms with van der Waals surface area (Å²) in [6.45, 7) is 2.57. The maximum absolute atomic E-state index is 13.6. The first kappa shape index (κ1) is 17.4. The van der Waals surface area contributed by atoms with Crippen LogP contribution in [0.1, 0.15) is 23.4 Å². The summed E-state index contributed by atoms with van der Waals surface area (Å²) in [7, 11) is 0. The van der Waals surface area contributed by atoms with Gasteiger partial charge in [-0.3, -0.25) is 0 Å². The quantitative estimate of drug-likeness (QED) is 0.540. The maximum atomic E-state index is 13.6. The van der Waals surface area contributed by atoms with E-state index < -0.39 is 5.82 Å². The highest BCUT2D eigenvalue weighted by atomic mass is 35.5. The first-order chi connectivity index (χ1) is 11.5. The molecule has 1 aromatic heterocycles. The molecule has 0 amide bonds. The molecule has 2 aromatic carbocycles. The summed E-state index contributed by atoms with van der Waals surface area (Å²) in [5.41, 5.74) is 1.79. The molecule has 124 valence electrons. The first-order valence-electron chi connectivity index (χ1n) is 7.42. The summed E-state index contributed by atoms with van der Waals surface area (Å²) in [5, 5.41) is 4.81. The summed E-state index contributed by atoms with van der Waals surface area (Å²) < 4.78 is 13.6. The Hall–Kier alpha value is -1.46. The predicted molar refractivity (Wildman–Crippen MR) is 99.2 cm³/mol. The molecule has 1 N–H and O–H groups in total. The van der Waals surface area contributed by atoms with E-state index in [-0.39, 0.29) is 11.1 Å². The van der Waals surface area contributed by atoms with Crippen molar-refractivity contribution in [3.8, 4) is 10.6 Å². The van der Waals surface area contributed by atoms with Gasteiger partial charge in [-0.05, 0) is 24.6 Å². The van der Waals surface area contributed by atoms with Gasteiger partial charge in [-0.15, -0.1) is 11.3 Å². The molecule has 0 aliphatic rings. The molecule has 0 spiro atoms. The summed E-state index contributed by atoms with van der Waals surface area (Å²) in [4.78, 5) is 5.56. The summed E-state index contributed by atoms with van der Waals surface area (Å²) in [5.74, 6) is -0.464.